The summed E-state index contributed by atoms with van der Waals surface area (Å²) in [7, 11) is 0. The molecular weight excluding hydrogens is 431 g/mol. The highest BCUT2D eigenvalue weighted by Crippen LogP contribution is 2.30. The fraction of sp³-hybridized carbons (Fsp3) is 0.150. The van der Waals surface area contributed by atoms with Crippen molar-refractivity contribution in [2.45, 2.75) is 13.0 Å². The van der Waals surface area contributed by atoms with Gasteiger partial charge in [-0.1, -0.05) is 17.4 Å². The smallest absolute Gasteiger partial charge is 0.252 e. The van der Waals surface area contributed by atoms with Crippen LogP contribution in [0.25, 0.3) is 16.3 Å². The maximum atomic E-state index is 13.5. The fourth-order valence-corrected chi connectivity index (χ4v) is 4.40. The van der Waals surface area contributed by atoms with Gasteiger partial charge in [-0.15, -0.1) is 23.7 Å². The van der Waals surface area contributed by atoms with Crippen molar-refractivity contribution in [3.05, 3.63) is 71.2 Å². The molecule has 1 aromatic carbocycles. The van der Waals surface area contributed by atoms with Gasteiger partial charge in [-0.2, -0.15) is 0 Å². The summed E-state index contributed by atoms with van der Waals surface area (Å²) in [6.45, 7) is 1.26. The van der Waals surface area contributed by atoms with Crippen LogP contribution in [0.5, 0.6) is 0 Å². The molecule has 150 valence electrons. The van der Waals surface area contributed by atoms with Gasteiger partial charge in [-0.05, 0) is 42.1 Å². The topological polar surface area (TPSA) is 51.0 Å². The molecule has 0 radical (unpaired) electrons. The lowest BCUT2D eigenvalue weighted by Crippen LogP contribution is -2.30. The van der Waals surface area contributed by atoms with Crippen LogP contribution < -0.4 is 4.90 Å². The van der Waals surface area contributed by atoms with E-state index in [1.807, 2.05) is 34.4 Å². The van der Waals surface area contributed by atoms with Crippen molar-refractivity contribution in [2.75, 3.05) is 11.4 Å². The van der Waals surface area contributed by atoms with E-state index in [1.165, 1.54) is 23.5 Å². The van der Waals surface area contributed by atoms with Crippen molar-refractivity contribution in [1.82, 2.24) is 14.5 Å². The Morgan fingerprint density at radius 2 is 2.21 bits per heavy atom. The van der Waals surface area contributed by atoms with Crippen molar-refractivity contribution in [3.63, 3.8) is 0 Å². The van der Waals surface area contributed by atoms with Gasteiger partial charge >= 0.3 is 0 Å². The van der Waals surface area contributed by atoms with E-state index in [0.29, 0.717) is 17.2 Å². The summed E-state index contributed by atoms with van der Waals surface area (Å²) in [4.78, 5) is 24.1. The Labute approximate surface area is 181 Å². The molecule has 0 aliphatic carbocycles. The molecule has 0 unspecified atom stereocenters. The van der Waals surface area contributed by atoms with Crippen molar-refractivity contribution in [1.29, 1.82) is 0 Å². The standard InChI is InChI=1S/C20H17FN4OS2.ClH/c21-15-4-6-17-18(13-15)28-20(23-17)25(10-2-9-24-11-8-22-14-24)19(26)7-5-16-3-1-12-27-16;/h1,3-8,11-14H,2,9-10H2;1H. The number of benzene rings is 1. The molecular formula is C20H18ClFN4OS2. The molecule has 3 heterocycles. The lowest BCUT2D eigenvalue weighted by Gasteiger charge is -2.18. The van der Waals surface area contributed by atoms with E-state index in [4.69, 9.17) is 0 Å². The van der Waals surface area contributed by atoms with Crippen LogP contribution in [-0.2, 0) is 11.3 Å². The summed E-state index contributed by atoms with van der Waals surface area (Å²) >= 11 is 2.89. The molecule has 0 N–H and O–H groups in total. The average molecular weight is 449 g/mol. The number of aromatic nitrogens is 3. The van der Waals surface area contributed by atoms with Gasteiger partial charge in [0.05, 0.1) is 16.5 Å². The minimum absolute atomic E-state index is 0. The zero-order valence-corrected chi connectivity index (χ0v) is 17.7. The minimum atomic E-state index is -0.307. The summed E-state index contributed by atoms with van der Waals surface area (Å²) in [5.41, 5.74) is 0.691. The minimum Gasteiger partial charge on any atom is -0.337 e. The normalized spacial score (nSPS) is 11.1. The van der Waals surface area contributed by atoms with Crippen molar-refractivity contribution < 1.29 is 9.18 Å². The summed E-state index contributed by atoms with van der Waals surface area (Å²) in [6.07, 6.45) is 9.50. The Morgan fingerprint density at radius 3 is 2.97 bits per heavy atom. The Kier molecular flexibility index (Phi) is 7.13. The number of nitrogens with zero attached hydrogens (tertiary/aromatic N) is 4. The molecule has 0 bridgehead atoms. The Balaban J connectivity index is 0.00000240. The first-order valence-electron chi connectivity index (χ1n) is 8.74. The van der Waals surface area contributed by atoms with Crippen LogP contribution in [0, 0.1) is 5.82 Å². The molecule has 4 aromatic rings. The third-order valence-electron chi connectivity index (χ3n) is 4.13. The average Bonchev–Trinajstić information content (AvgIpc) is 3.44. The third kappa shape index (κ3) is 5.29. The maximum Gasteiger partial charge on any atom is 0.252 e. The molecule has 0 fully saturated rings. The molecule has 0 aliphatic heterocycles. The second-order valence-corrected chi connectivity index (χ2v) is 8.09. The van der Waals surface area contributed by atoms with E-state index in [9.17, 15) is 9.18 Å². The molecule has 3 aromatic heterocycles. The van der Waals surface area contributed by atoms with Gasteiger partial charge in [0.15, 0.2) is 5.13 Å². The molecule has 0 saturated carbocycles. The summed E-state index contributed by atoms with van der Waals surface area (Å²) in [5, 5.41) is 2.54. The second kappa shape index (κ2) is 9.78. The molecule has 0 aliphatic rings. The zero-order chi connectivity index (χ0) is 19.3. The van der Waals surface area contributed by atoms with Crippen LogP contribution in [0.2, 0.25) is 0 Å². The van der Waals surface area contributed by atoms with Gasteiger partial charge in [-0.25, -0.2) is 14.4 Å². The molecule has 5 nitrogen and oxygen atoms in total. The van der Waals surface area contributed by atoms with E-state index >= 15 is 0 Å². The Hall–Kier alpha value is -2.55. The monoisotopic (exact) mass is 448 g/mol. The highest BCUT2D eigenvalue weighted by molar-refractivity contribution is 7.22. The van der Waals surface area contributed by atoms with Crippen LogP contribution in [0.3, 0.4) is 0 Å². The van der Waals surface area contributed by atoms with Crippen LogP contribution in [-0.4, -0.2) is 27.0 Å². The first-order valence-corrected chi connectivity index (χ1v) is 10.4. The highest BCUT2D eigenvalue weighted by atomic mass is 35.5. The predicted octanol–water partition coefficient (Wildman–Crippen LogP) is 5.25. The highest BCUT2D eigenvalue weighted by Gasteiger charge is 2.18. The number of carbonyl (C=O) groups is 1. The fourth-order valence-electron chi connectivity index (χ4n) is 2.76. The van der Waals surface area contributed by atoms with Crippen LogP contribution >= 0.6 is 35.1 Å². The summed E-state index contributed by atoms with van der Waals surface area (Å²) in [6, 6.07) is 8.37. The molecule has 9 heteroatoms. The molecule has 0 saturated heterocycles. The van der Waals surface area contributed by atoms with Crippen molar-refractivity contribution in [3.8, 4) is 0 Å². The first-order chi connectivity index (χ1) is 13.7. The summed E-state index contributed by atoms with van der Waals surface area (Å²) < 4.78 is 16.2. The molecule has 0 atom stereocenters. The quantitative estimate of drug-likeness (QED) is 0.363. The SMILES string of the molecule is Cl.O=C(C=Cc1cccs1)N(CCCn1ccnc1)c1nc2ccc(F)cc2s1. The number of imidazole rings is 1. The van der Waals surface area contributed by atoms with E-state index < -0.39 is 0 Å². The van der Waals surface area contributed by atoms with E-state index in [2.05, 4.69) is 9.97 Å². The maximum absolute atomic E-state index is 13.5. The number of amides is 1. The number of thiophene rings is 1. The van der Waals surface area contributed by atoms with Gasteiger partial charge in [0, 0.05) is 36.4 Å². The number of aryl methyl sites for hydroxylation is 1. The Bertz CT molecular complexity index is 1090. The Morgan fingerprint density at radius 1 is 1.31 bits per heavy atom. The third-order valence-corrected chi connectivity index (χ3v) is 6.01. The van der Waals surface area contributed by atoms with Gasteiger partial charge in [0.25, 0.3) is 5.91 Å². The molecule has 1 amide bonds. The number of hydrogen-bond donors (Lipinski definition) is 0. The molecule has 4 rings (SSSR count). The number of hydrogen-bond acceptors (Lipinski definition) is 5. The van der Waals surface area contributed by atoms with Crippen LogP contribution in [0.1, 0.15) is 11.3 Å². The number of halogens is 2. The number of rotatable bonds is 7. The number of thiazole rings is 1. The molecule has 0 spiro atoms. The number of carbonyl (C=O) groups excluding carboxylic acids is 1. The van der Waals surface area contributed by atoms with Gasteiger partial charge < -0.3 is 4.57 Å². The van der Waals surface area contributed by atoms with Gasteiger partial charge in [0.2, 0.25) is 0 Å². The number of anilines is 1. The second-order valence-electron chi connectivity index (χ2n) is 6.10. The van der Waals surface area contributed by atoms with Crippen molar-refractivity contribution in [2.24, 2.45) is 0 Å². The first kappa shape index (κ1) is 21.2. The van der Waals surface area contributed by atoms with Crippen LogP contribution in [0.15, 0.2) is 60.5 Å². The van der Waals surface area contributed by atoms with Crippen molar-refractivity contribution >= 4 is 62.4 Å². The van der Waals surface area contributed by atoms with Gasteiger partial charge in [0.1, 0.15) is 5.82 Å². The lowest BCUT2D eigenvalue weighted by atomic mass is 10.3. The van der Waals surface area contributed by atoms with Crippen LogP contribution in [0.4, 0.5) is 9.52 Å². The predicted molar refractivity (Wildman–Crippen MR) is 119 cm³/mol. The van der Waals surface area contributed by atoms with E-state index in [-0.39, 0.29) is 24.1 Å². The summed E-state index contributed by atoms with van der Waals surface area (Å²) in [5.74, 6) is -0.447. The molecule has 29 heavy (non-hydrogen) atoms. The lowest BCUT2D eigenvalue weighted by molar-refractivity contribution is -0.114. The van der Waals surface area contributed by atoms with E-state index in [1.54, 1.807) is 40.9 Å². The van der Waals surface area contributed by atoms with E-state index in [0.717, 1.165) is 22.5 Å². The van der Waals surface area contributed by atoms with Gasteiger partial charge in [-0.3, -0.25) is 9.69 Å². The zero-order valence-electron chi connectivity index (χ0n) is 15.3. The number of fused-ring (bicyclic) bond motifs is 1. The largest absolute Gasteiger partial charge is 0.337 e.